The van der Waals surface area contributed by atoms with Crippen molar-refractivity contribution in [2.75, 3.05) is 24.3 Å². The summed E-state index contributed by atoms with van der Waals surface area (Å²) < 4.78 is 49.6. The van der Waals surface area contributed by atoms with Gasteiger partial charge in [-0.2, -0.15) is 0 Å². The normalized spacial score (nSPS) is 18.6. The molecule has 1 aliphatic rings. The number of sulfonamides is 1. The van der Waals surface area contributed by atoms with E-state index in [1.807, 2.05) is 42.5 Å². The summed E-state index contributed by atoms with van der Waals surface area (Å²) in [6.07, 6.45) is 0.872. The second kappa shape index (κ2) is 7.05. The van der Waals surface area contributed by atoms with Crippen molar-refractivity contribution < 1.29 is 16.8 Å². The molecule has 1 saturated heterocycles. The largest absolute Gasteiger partial charge is 0.229 e. The van der Waals surface area contributed by atoms with Crippen molar-refractivity contribution in [2.45, 2.75) is 19.4 Å². The zero-order valence-electron chi connectivity index (χ0n) is 14.3. The summed E-state index contributed by atoms with van der Waals surface area (Å²) in [4.78, 5) is 0. The van der Waals surface area contributed by atoms with Crippen LogP contribution in [0.1, 0.15) is 18.4 Å². The van der Waals surface area contributed by atoms with Crippen LogP contribution in [-0.2, 0) is 26.4 Å². The molecule has 1 heterocycles. The third-order valence-corrected chi connectivity index (χ3v) is 8.50. The topological polar surface area (TPSA) is 71.5 Å². The van der Waals surface area contributed by atoms with Gasteiger partial charge in [-0.1, -0.05) is 36.4 Å². The first-order valence-electron chi connectivity index (χ1n) is 8.37. The Morgan fingerprint density at radius 2 is 1.68 bits per heavy atom. The molecule has 0 radical (unpaired) electrons. The highest BCUT2D eigenvalue weighted by Crippen LogP contribution is 2.23. The number of nitrogens with zero attached hydrogens (tertiary/aromatic N) is 1. The number of hydrogen-bond donors (Lipinski definition) is 0. The van der Waals surface area contributed by atoms with E-state index in [2.05, 4.69) is 0 Å². The second-order valence-electron chi connectivity index (χ2n) is 6.81. The summed E-state index contributed by atoms with van der Waals surface area (Å²) >= 11 is 0. The van der Waals surface area contributed by atoms with Gasteiger partial charge in [0, 0.05) is 13.6 Å². The van der Waals surface area contributed by atoms with Crippen LogP contribution in [0.25, 0.3) is 10.8 Å². The number of sulfone groups is 1. The zero-order valence-corrected chi connectivity index (χ0v) is 15.9. The molecule has 0 unspecified atom stereocenters. The monoisotopic (exact) mass is 381 g/mol. The number of benzene rings is 2. The van der Waals surface area contributed by atoms with E-state index in [0.717, 1.165) is 16.3 Å². The fourth-order valence-corrected chi connectivity index (χ4v) is 6.34. The van der Waals surface area contributed by atoms with Crippen LogP contribution in [-0.4, -0.2) is 45.4 Å². The van der Waals surface area contributed by atoms with Gasteiger partial charge in [0.15, 0.2) is 0 Å². The number of hydrogen-bond acceptors (Lipinski definition) is 4. The van der Waals surface area contributed by atoms with Crippen LogP contribution in [0.3, 0.4) is 0 Å². The van der Waals surface area contributed by atoms with Gasteiger partial charge < -0.3 is 0 Å². The standard InChI is InChI=1S/C18H23NO4S2/c1-19(13-16-6-7-17-4-2-3-5-18(17)12-16)25(22,23)14-15-8-10-24(20,21)11-9-15/h2-7,12,15H,8-11,13-14H2,1H3. The highest BCUT2D eigenvalue weighted by Gasteiger charge is 2.29. The van der Waals surface area contributed by atoms with Crippen LogP contribution in [0.15, 0.2) is 42.5 Å². The Kier molecular flexibility index (Phi) is 5.18. The Balaban J connectivity index is 1.67. The van der Waals surface area contributed by atoms with Crippen molar-refractivity contribution in [1.29, 1.82) is 0 Å². The smallest absolute Gasteiger partial charge is 0.214 e. The molecule has 1 fully saturated rings. The molecule has 1 aliphatic heterocycles. The van der Waals surface area contributed by atoms with Gasteiger partial charge in [0.1, 0.15) is 9.84 Å². The zero-order chi connectivity index (χ0) is 18.1. The third-order valence-electron chi connectivity index (χ3n) is 4.81. The summed E-state index contributed by atoms with van der Waals surface area (Å²) in [5.41, 5.74) is 0.941. The highest BCUT2D eigenvalue weighted by molar-refractivity contribution is 7.91. The highest BCUT2D eigenvalue weighted by atomic mass is 32.2. The predicted molar refractivity (Wildman–Crippen MR) is 101 cm³/mol. The molecule has 0 atom stereocenters. The van der Waals surface area contributed by atoms with E-state index in [-0.39, 0.29) is 23.2 Å². The molecule has 2 aromatic carbocycles. The van der Waals surface area contributed by atoms with Gasteiger partial charge in [0.25, 0.3) is 0 Å². The first-order chi connectivity index (χ1) is 11.8. The molecule has 25 heavy (non-hydrogen) atoms. The third kappa shape index (κ3) is 4.59. The molecule has 3 rings (SSSR count). The van der Waals surface area contributed by atoms with Gasteiger partial charge in [-0.05, 0) is 41.2 Å². The molecule has 2 aromatic rings. The molecular weight excluding hydrogens is 358 g/mol. The molecule has 0 aliphatic carbocycles. The Morgan fingerprint density at radius 3 is 2.36 bits per heavy atom. The lowest BCUT2D eigenvalue weighted by Gasteiger charge is -2.25. The molecule has 7 heteroatoms. The lowest BCUT2D eigenvalue weighted by molar-refractivity contribution is 0.441. The van der Waals surface area contributed by atoms with Gasteiger partial charge in [-0.15, -0.1) is 0 Å². The number of rotatable bonds is 5. The molecule has 0 aromatic heterocycles. The SMILES string of the molecule is CN(Cc1ccc2ccccc2c1)S(=O)(=O)CC1CCS(=O)(=O)CC1. The van der Waals surface area contributed by atoms with Gasteiger partial charge in [0.05, 0.1) is 17.3 Å². The van der Waals surface area contributed by atoms with E-state index in [1.165, 1.54) is 4.31 Å². The maximum Gasteiger partial charge on any atom is 0.214 e. The first kappa shape index (κ1) is 18.4. The summed E-state index contributed by atoms with van der Waals surface area (Å²) in [6, 6.07) is 13.9. The van der Waals surface area contributed by atoms with E-state index >= 15 is 0 Å². The lowest BCUT2D eigenvalue weighted by atomic mass is 10.1. The van der Waals surface area contributed by atoms with Gasteiger partial charge in [0.2, 0.25) is 10.0 Å². The molecule has 0 bridgehead atoms. The van der Waals surface area contributed by atoms with E-state index in [1.54, 1.807) is 7.05 Å². The van der Waals surface area contributed by atoms with Crippen LogP contribution in [0.5, 0.6) is 0 Å². The van der Waals surface area contributed by atoms with Crippen LogP contribution in [0, 0.1) is 5.92 Å². The fourth-order valence-electron chi connectivity index (χ4n) is 3.22. The average molecular weight is 382 g/mol. The predicted octanol–water partition coefficient (Wildman–Crippen LogP) is 2.43. The van der Waals surface area contributed by atoms with Crippen molar-refractivity contribution in [3.8, 4) is 0 Å². The second-order valence-corrected chi connectivity index (χ2v) is 11.2. The summed E-state index contributed by atoms with van der Waals surface area (Å²) in [7, 11) is -4.79. The molecule has 0 N–H and O–H groups in total. The van der Waals surface area contributed by atoms with Crippen LogP contribution >= 0.6 is 0 Å². The summed E-state index contributed by atoms with van der Waals surface area (Å²) in [5, 5.41) is 2.21. The minimum Gasteiger partial charge on any atom is -0.229 e. The van der Waals surface area contributed by atoms with Crippen molar-refractivity contribution >= 4 is 30.6 Å². The molecule has 0 spiro atoms. The van der Waals surface area contributed by atoms with E-state index in [0.29, 0.717) is 19.4 Å². The number of fused-ring (bicyclic) bond motifs is 1. The average Bonchev–Trinajstić information content (AvgIpc) is 2.56. The van der Waals surface area contributed by atoms with Gasteiger partial charge in [-0.25, -0.2) is 21.1 Å². The quantitative estimate of drug-likeness (QED) is 0.797. The Labute approximate surface area is 149 Å². The van der Waals surface area contributed by atoms with E-state index < -0.39 is 19.9 Å². The first-order valence-corrected chi connectivity index (χ1v) is 11.8. The molecule has 0 amide bonds. The maximum absolute atomic E-state index is 12.6. The van der Waals surface area contributed by atoms with Gasteiger partial charge >= 0.3 is 0 Å². The maximum atomic E-state index is 12.6. The van der Waals surface area contributed by atoms with Crippen LogP contribution in [0.4, 0.5) is 0 Å². The molecular formula is C18H23NO4S2. The van der Waals surface area contributed by atoms with Crippen molar-refractivity contribution in [3.63, 3.8) is 0 Å². The van der Waals surface area contributed by atoms with Crippen LogP contribution < -0.4 is 0 Å². The summed E-state index contributed by atoms with van der Waals surface area (Å²) in [5.74, 6) is 0.142. The molecule has 5 nitrogen and oxygen atoms in total. The summed E-state index contributed by atoms with van der Waals surface area (Å²) in [6.45, 7) is 0.318. The van der Waals surface area contributed by atoms with E-state index in [4.69, 9.17) is 0 Å². The minimum atomic E-state index is -3.41. The Morgan fingerprint density at radius 1 is 1.04 bits per heavy atom. The van der Waals surface area contributed by atoms with Crippen LogP contribution in [0.2, 0.25) is 0 Å². The molecule has 0 saturated carbocycles. The Hall–Kier alpha value is -1.44. The van der Waals surface area contributed by atoms with Crippen molar-refractivity contribution in [2.24, 2.45) is 5.92 Å². The van der Waals surface area contributed by atoms with Gasteiger partial charge in [-0.3, -0.25) is 0 Å². The minimum absolute atomic E-state index is 0.0204. The molecule has 136 valence electrons. The van der Waals surface area contributed by atoms with Crippen molar-refractivity contribution in [1.82, 2.24) is 4.31 Å². The van der Waals surface area contributed by atoms with Crippen molar-refractivity contribution in [3.05, 3.63) is 48.0 Å². The lowest BCUT2D eigenvalue weighted by Crippen LogP contribution is -2.34. The fraction of sp³-hybridized carbons (Fsp3) is 0.444. The van der Waals surface area contributed by atoms with E-state index in [9.17, 15) is 16.8 Å². The Bertz CT molecular complexity index is 953.